The minimum absolute atomic E-state index is 0.00504. The van der Waals surface area contributed by atoms with E-state index in [1.165, 1.54) is 12.1 Å². The smallest absolute Gasteiger partial charge is 0.223 e. The molecule has 2 heterocycles. The van der Waals surface area contributed by atoms with E-state index in [1.807, 2.05) is 29.2 Å². The van der Waals surface area contributed by atoms with Gasteiger partial charge in [0.15, 0.2) is 0 Å². The predicted molar refractivity (Wildman–Crippen MR) is 116 cm³/mol. The largest absolute Gasteiger partial charge is 0.356 e. The molecule has 1 aliphatic rings. The Hall–Kier alpha value is -2.80. The molecule has 1 N–H and O–H groups in total. The Balaban J connectivity index is 1.26. The van der Waals surface area contributed by atoms with Crippen LogP contribution in [0.15, 0.2) is 48.5 Å². The molecule has 2 amide bonds. The van der Waals surface area contributed by atoms with Gasteiger partial charge in [-0.25, -0.2) is 9.37 Å². The van der Waals surface area contributed by atoms with Crippen molar-refractivity contribution in [1.82, 2.24) is 15.2 Å². The summed E-state index contributed by atoms with van der Waals surface area (Å²) >= 11 is 1.64. The van der Waals surface area contributed by atoms with Crippen LogP contribution in [0.4, 0.5) is 4.39 Å². The fourth-order valence-corrected chi connectivity index (χ4v) is 4.92. The molecule has 0 saturated carbocycles. The number of thiazole rings is 1. The zero-order chi connectivity index (χ0) is 20.9. The second-order valence-corrected chi connectivity index (χ2v) is 8.55. The molecule has 0 radical (unpaired) electrons. The van der Waals surface area contributed by atoms with Gasteiger partial charge in [0.05, 0.1) is 16.3 Å². The molecule has 1 fully saturated rings. The summed E-state index contributed by atoms with van der Waals surface area (Å²) in [6.07, 6.45) is 2.87. The summed E-state index contributed by atoms with van der Waals surface area (Å²) in [7, 11) is 0. The number of hydrogen-bond donors (Lipinski definition) is 1. The van der Waals surface area contributed by atoms with E-state index in [-0.39, 0.29) is 36.5 Å². The lowest BCUT2D eigenvalue weighted by molar-refractivity contribution is -0.134. The van der Waals surface area contributed by atoms with Crippen molar-refractivity contribution in [1.29, 1.82) is 0 Å². The van der Waals surface area contributed by atoms with Gasteiger partial charge in [0.2, 0.25) is 11.8 Å². The number of nitrogens with one attached hydrogen (secondary N) is 1. The molecule has 5 nitrogen and oxygen atoms in total. The van der Waals surface area contributed by atoms with Crippen LogP contribution >= 0.6 is 11.3 Å². The predicted octanol–water partition coefficient (Wildman–Crippen LogP) is 4.24. The molecule has 0 spiro atoms. The van der Waals surface area contributed by atoms with Gasteiger partial charge >= 0.3 is 0 Å². The first-order valence-corrected chi connectivity index (χ1v) is 11.1. The number of likely N-dealkylation sites (tertiary alicyclic amines) is 1. The first-order chi connectivity index (χ1) is 14.6. The lowest BCUT2D eigenvalue weighted by atomic mass is 10.1. The van der Waals surface area contributed by atoms with Gasteiger partial charge in [0.1, 0.15) is 10.8 Å². The Morgan fingerprint density at radius 2 is 1.93 bits per heavy atom. The molecule has 1 saturated heterocycles. The van der Waals surface area contributed by atoms with Crippen LogP contribution in [-0.2, 0) is 16.0 Å². The third kappa shape index (κ3) is 4.84. The Labute approximate surface area is 178 Å². The van der Waals surface area contributed by atoms with E-state index >= 15 is 0 Å². The Morgan fingerprint density at radius 1 is 1.13 bits per heavy atom. The van der Waals surface area contributed by atoms with E-state index in [0.717, 1.165) is 33.6 Å². The van der Waals surface area contributed by atoms with Crippen molar-refractivity contribution in [2.45, 2.75) is 38.1 Å². The van der Waals surface area contributed by atoms with E-state index in [2.05, 4.69) is 5.32 Å². The van der Waals surface area contributed by atoms with Crippen LogP contribution < -0.4 is 5.32 Å². The molecule has 4 rings (SSSR count). The molecule has 1 atom stereocenters. The molecule has 1 aliphatic heterocycles. The molecular formula is C23H24FN3O2S. The van der Waals surface area contributed by atoms with Gasteiger partial charge in [0.25, 0.3) is 0 Å². The summed E-state index contributed by atoms with van der Waals surface area (Å²) in [5, 5.41) is 3.82. The standard InChI is InChI=1S/C23H24FN3O2S/c24-17-9-7-16(8-10-17)13-14-25-21(28)11-12-22(29)27-15-3-5-19(27)23-26-18-4-1-2-6-20(18)30-23/h1-2,4,6-10,19H,3,5,11-15H2,(H,25,28)/t19-/m0/s1. The third-order valence-electron chi connectivity index (χ3n) is 5.38. The zero-order valence-electron chi connectivity index (χ0n) is 16.6. The van der Waals surface area contributed by atoms with Gasteiger partial charge in [0, 0.05) is 25.9 Å². The van der Waals surface area contributed by atoms with Crippen LogP contribution in [-0.4, -0.2) is 34.8 Å². The molecule has 0 unspecified atom stereocenters. The number of carbonyl (C=O) groups is 2. The monoisotopic (exact) mass is 425 g/mol. The number of aromatic nitrogens is 1. The fraction of sp³-hybridized carbons (Fsp3) is 0.348. The molecule has 156 valence electrons. The van der Waals surface area contributed by atoms with Crippen molar-refractivity contribution in [3.05, 3.63) is 64.9 Å². The maximum absolute atomic E-state index is 12.9. The van der Waals surface area contributed by atoms with Gasteiger partial charge in [-0.05, 0) is 49.1 Å². The average Bonchev–Trinajstić information content (AvgIpc) is 3.40. The fourth-order valence-electron chi connectivity index (χ4n) is 3.80. The molecule has 7 heteroatoms. The Kier molecular flexibility index (Phi) is 6.38. The topological polar surface area (TPSA) is 62.3 Å². The minimum atomic E-state index is -0.271. The van der Waals surface area contributed by atoms with Crippen molar-refractivity contribution >= 4 is 33.4 Å². The molecule has 3 aromatic rings. The van der Waals surface area contributed by atoms with Crippen LogP contribution in [0.2, 0.25) is 0 Å². The summed E-state index contributed by atoms with van der Waals surface area (Å²) in [6.45, 7) is 1.18. The molecule has 0 bridgehead atoms. The van der Waals surface area contributed by atoms with Crippen LogP contribution in [0.3, 0.4) is 0 Å². The van der Waals surface area contributed by atoms with Gasteiger partial charge in [-0.2, -0.15) is 0 Å². The van der Waals surface area contributed by atoms with E-state index in [9.17, 15) is 14.0 Å². The van der Waals surface area contributed by atoms with Crippen LogP contribution in [0.1, 0.15) is 42.3 Å². The Bertz CT molecular complexity index is 1000. The molecule has 30 heavy (non-hydrogen) atoms. The highest BCUT2D eigenvalue weighted by atomic mass is 32.1. The second-order valence-electron chi connectivity index (χ2n) is 7.49. The summed E-state index contributed by atoms with van der Waals surface area (Å²) in [4.78, 5) is 31.5. The molecule has 1 aromatic heterocycles. The number of benzene rings is 2. The van der Waals surface area contributed by atoms with E-state index in [4.69, 9.17) is 4.98 Å². The van der Waals surface area contributed by atoms with Gasteiger partial charge < -0.3 is 10.2 Å². The van der Waals surface area contributed by atoms with Crippen molar-refractivity contribution < 1.29 is 14.0 Å². The summed E-state index contributed by atoms with van der Waals surface area (Å²) in [5.74, 6) is -0.404. The van der Waals surface area contributed by atoms with Crippen LogP contribution in [0.25, 0.3) is 10.2 Å². The van der Waals surface area contributed by atoms with Crippen molar-refractivity contribution in [2.75, 3.05) is 13.1 Å². The summed E-state index contributed by atoms with van der Waals surface area (Å²) in [6, 6.07) is 14.3. The second kappa shape index (κ2) is 9.34. The molecule has 2 aromatic carbocycles. The maximum Gasteiger partial charge on any atom is 0.223 e. The number of fused-ring (bicyclic) bond motifs is 1. The van der Waals surface area contributed by atoms with Gasteiger partial charge in [-0.15, -0.1) is 11.3 Å². The van der Waals surface area contributed by atoms with Crippen LogP contribution in [0.5, 0.6) is 0 Å². The van der Waals surface area contributed by atoms with Crippen LogP contribution in [0, 0.1) is 5.82 Å². The number of carbonyl (C=O) groups excluding carboxylic acids is 2. The number of para-hydroxylation sites is 1. The quantitative estimate of drug-likeness (QED) is 0.616. The normalized spacial score (nSPS) is 16.2. The molecular weight excluding hydrogens is 401 g/mol. The molecule has 0 aliphatic carbocycles. The van der Waals surface area contributed by atoms with Gasteiger partial charge in [-0.1, -0.05) is 24.3 Å². The minimum Gasteiger partial charge on any atom is -0.356 e. The number of hydrogen-bond acceptors (Lipinski definition) is 4. The zero-order valence-corrected chi connectivity index (χ0v) is 17.5. The summed E-state index contributed by atoms with van der Waals surface area (Å²) in [5.41, 5.74) is 1.93. The number of halogens is 1. The van der Waals surface area contributed by atoms with Crippen molar-refractivity contribution in [3.8, 4) is 0 Å². The van der Waals surface area contributed by atoms with Crippen molar-refractivity contribution in [2.24, 2.45) is 0 Å². The lowest BCUT2D eigenvalue weighted by Crippen LogP contribution is -2.32. The SMILES string of the molecule is O=C(CCC(=O)N1CCC[C@H]1c1nc2ccccc2s1)NCCc1ccc(F)cc1. The highest BCUT2D eigenvalue weighted by Crippen LogP contribution is 2.36. The van der Waals surface area contributed by atoms with E-state index < -0.39 is 0 Å². The highest BCUT2D eigenvalue weighted by molar-refractivity contribution is 7.18. The average molecular weight is 426 g/mol. The first-order valence-electron chi connectivity index (χ1n) is 10.3. The maximum atomic E-state index is 12.9. The van der Waals surface area contributed by atoms with E-state index in [0.29, 0.717) is 19.5 Å². The number of amides is 2. The number of nitrogens with zero attached hydrogens (tertiary/aromatic N) is 2. The first kappa shape index (κ1) is 20.5. The summed E-state index contributed by atoms with van der Waals surface area (Å²) < 4.78 is 14.1. The van der Waals surface area contributed by atoms with E-state index in [1.54, 1.807) is 23.5 Å². The Morgan fingerprint density at radius 3 is 2.73 bits per heavy atom. The number of rotatable bonds is 7. The lowest BCUT2D eigenvalue weighted by Gasteiger charge is -2.23. The highest BCUT2D eigenvalue weighted by Gasteiger charge is 2.32. The third-order valence-corrected chi connectivity index (χ3v) is 6.52. The van der Waals surface area contributed by atoms with Gasteiger partial charge in [-0.3, -0.25) is 9.59 Å². The van der Waals surface area contributed by atoms with Crippen molar-refractivity contribution in [3.63, 3.8) is 0 Å².